The molecule has 2 nitrogen and oxygen atoms in total. The molecule has 0 unspecified atom stereocenters. The molecule has 2 aromatic rings. The van der Waals surface area contributed by atoms with Gasteiger partial charge in [-0.05, 0) is 49.1 Å². The van der Waals surface area contributed by atoms with Gasteiger partial charge in [-0.3, -0.25) is 4.79 Å². The summed E-state index contributed by atoms with van der Waals surface area (Å²) in [7, 11) is 0. The van der Waals surface area contributed by atoms with Gasteiger partial charge in [0.1, 0.15) is 0 Å². The Kier molecular flexibility index (Phi) is 9.02. The molecule has 1 N–H and O–H groups in total. The minimum Gasteiger partial charge on any atom is -0.385 e. The monoisotopic (exact) mass is 335 g/mol. The van der Waals surface area contributed by atoms with Crippen LogP contribution in [0.2, 0.25) is 0 Å². The Morgan fingerprint density at radius 2 is 1.64 bits per heavy atom. The summed E-state index contributed by atoms with van der Waals surface area (Å²) in [5.41, 5.74) is 5.82. The average molecular weight is 335 g/mol. The van der Waals surface area contributed by atoms with E-state index in [4.69, 9.17) is 0 Å². The quantitative estimate of drug-likeness (QED) is 0.687. The summed E-state index contributed by atoms with van der Waals surface area (Å²) < 4.78 is 0. The number of hydrogen-bond donors (Lipinski definition) is 1. The molecule has 2 rings (SSSR count). The van der Waals surface area contributed by atoms with E-state index < -0.39 is 0 Å². The number of aryl methyl sites for hydroxylation is 1. The predicted molar refractivity (Wildman–Crippen MR) is 108 cm³/mol. The van der Waals surface area contributed by atoms with E-state index in [1.54, 1.807) is 6.08 Å². The van der Waals surface area contributed by atoms with E-state index in [0.717, 1.165) is 23.4 Å². The van der Waals surface area contributed by atoms with Crippen molar-refractivity contribution in [2.75, 3.05) is 0 Å². The Bertz CT molecular complexity index is 714. The maximum Gasteiger partial charge on any atom is 0.155 e. The molecule has 0 heterocycles. The second-order valence-corrected chi connectivity index (χ2v) is 6.07. The predicted octanol–water partition coefficient (Wildman–Crippen LogP) is 5.69. The van der Waals surface area contributed by atoms with Crippen LogP contribution in [0.25, 0.3) is 5.57 Å². The van der Waals surface area contributed by atoms with Gasteiger partial charge in [0.05, 0.1) is 0 Å². The fraction of sp³-hybridized carbons (Fsp3) is 0.261. The van der Waals surface area contributed by atoms with Crippen LogP contribution >= 0.6 is 0 Å². The van der Waals surface area contributed by atoms with Gasteiger partial charge in [0, 0.05) is 18.7 Å². The summed E-state index contributed by atoms with van der Waals surface area (Å²) in [6.45, 7) is 12.6. The zero-order valence-electron chi connectivity index (χ0n) is 15.8. The number of carbonyl (C=O) groups is 1. The summed E-state index contributed by atoms with van der Waals surface area (Å²) in [4.78, 5) is 11.1. The van der Waals surface area contributed by atoms with Gasteiger partial charge in [-0.25, -0.2) is 0 Å². The Hall–Kier alpha value is -2.61. The number of allylic oxidation sites excluding steroid dienone is 3. The molecule has 132 valence electrons. The van der Waals surface area contributed by atoms with E-state index in [-0.39, 0.29) is 5.78 Å². The number of rotatable bonds is 6. The van der Waals surface area contributed by atoms with E-state index >= 15 is 0 Å². The third kappa shape index (κ3) is 8.16. The van der Waals surface area contributed by atoms with Crippen LogP contribution in [-0.2, 0) is 11.3 Å². The largest absolute Gasteiger partial charge is 0.385 e. The lowest BCUT2D eigenvalue weighted by atomic mass is 10.1. The first-order valence-corrected chi connectivity index (χ1v) is 8.64. The molecule has 0 saturated carbocycles. The number of hydrogen-bond acceptors (Lipinski definition) is 2. The summed E-state index contributed by atoms with van der Waals surface area (Å²) in [5, 5.41) is 3.21. The van der Waals surface area contributed by atoms with Crippen molar-refractivity contribution in [2.24, 2.45) is 0 Å². The molecule has 25 heavy (non-hydrogen) atoms. The second-order valence-electron chi connectivity index (χ2n) is 6.07. The number of carbonyl (C=O) groups excluding carboxylic acids is 1. The molecule has 0 amide bonds. The zero-order valence-corrected chi connectivity index (χ0v) is 15.8. The van der Waals surface area contributed by atoms with Crippen LogP contribution in [0.3, 0.4) is 0 Å². The fourth-order valence-corrected chi connectivity index (χ4v) is 2.18. The number of nitrogens with one attached hydrogen (secondary N) is 1. The highest BCUT2D eigenvalue weighted by molar-refractivity contribution is 5.96. The van der Waals surface area contributed by atoms with Gasteiger partial charge in [0.2, 0.25) is 0 Å². The van der Waals surface area contributed by atoms with E-state index in [1.165, 1.54) is 11.1 Å². The molecule has 0 bridgehead atoms. The van der Waals surface area contributed by atoms with Crippen molar-refractivity contribution in [2.45, 2.75) is 40.7 Å². The highest BCUT2D eigenvalue weighted by Gasteiger charge is 1.97. The second kappa shape index (κ2) is 11.0. The van der Waals surface area contributed by atoms with Gasteiger partial charge < -0.3 is 5.32 Å². The standard InChI is InChI=1S/C12H14O.C11H15N/c1-3-12(13)9-10(2)11-7-5-4-6-8-11;1-9(2)12-8-11-7-5-4-6-10(11)3/h4-9H,3H2,1-2H3;4-7,12H,1,8H2,2-3H3/b10-9+;. The zero-order chi connectivity index (χ0) is 18.7. The summed E-state index contributed by atoms with van der Waals surface area (Å²) in [6, 6.07) is 18.3. The normalized spacial score (nSPS) is 10.5. The van der Waals surface area contributed by atoms with Crippen LogP contribution in [0.15, 0.2) is 72.9 Å². The molecule has 0 atom stereocenters. The minimum absolute atomic E-state index is 0.182. The van der Waals surface area contributed by atoms with Crippen molar-refractivity contribution in [1.29, 1.82) is 0 Å². The average Bonchev–Trinajstić information content (AvgIpc) is 2.62. The lowest BCUT2D eigenvalue weighted by molar-refractivity contribution is -0.114. The van der Waals surface area contributed by atoms with Crippen LogP contribution in [0.5, 0.6) is 0 Å². The smallest absolute Gasteiger partial charge is 0.155 e. The Labute approximate surface area is 152 Å². The molecule has 0 aliphatic carbocycles. The van der Waals surface area contributed by atoms with E-state index in [2.05, 4.69) is 43.1 Å². The molecule has 2 heteroatoms. The van der Waals surface area contributed by atoms with Gasteiger partial charge in [-0.2, -0.15) is 0 Å². The van der Waals surface area contributed by atoms with Crippen LogP contribution in [-0.4, -0.2) is 5.78 Å². The van der Waals surface area contributed by atoms with Crippen LogP contribution in [0.1, 0.15) is 43.9 Å². The third-order valence-corrected chi connectivity index (χ3v) is 3.80. The number of ketones is 1. The van der Waals surface area contributed by atoms with Gasteiger partial charge in [-0.1, -0.05) is 68.1 Å². The third-order valence-electron chi connectivity index (χ3n) is 3.80. The Morgan fingerprint density at radius 1 is 1.04 bits per heavy atom. The summed E-state index contributed by atoms with van der Waals surface area (Å²) in [5.74, 6) is 0.182. The molecule has 2 aromatic carbocycles. The molecule has 0 aliphatic rings. The number of benzene rings is 2. The molecule has 0 fully saturated rings. The maximum absolute atomic E-state index is 11.1. The Morgan fingerprint density at radius 3 is 2.20 bits per heavy atom. The molecular weight excluding hydrogens is 306 g/mol. The molecule has 0 aliphatic heterocycles. The SMILES string of the molecule is C=C(C)NCc1ccccc1C.CCC(=O)/C=C(\C)c1ccccc1. The van der Waals surface area contributed by atoms with Crippen LogP contribution < -0.4 is 5.32 Å². The van der Waals surface area contributed by atoms with Crippen molar-refractivity contribution in [3.8, 4) is 0 Å². The van der Waals surface area contributed by atoms with Crippen molar-refractivity contribution in [3.05, 3.63) is 89.6 Å². The first kappa shape index (κ1) is 20.4. The summed E-state index contributed by atoms with van der Waals surface area (Å²) >= 11 is 0. The first-order chi connectivity index (χ1) is 11.9. The van der Waals surface area contributed by atoms with Crippen molar-refractivity contribution < 1.29 is 4.79 Å². The topological polar surface area (TPSA) is 29.1 Å². The Balaban J connectivity index is 0.000000251. The molecule has 0 saturated heterocycles. The summed E-state index contributed by atoms with van der Waals surface area (Å²) in [6.07, 6.45) is 2.28. The van der Waals surface area contributed by atoms with E-state index in [0.29, 0.717) is 6.42 Å². The molecule has 0 aromatic heterocycles. The fourth-order valence-electron chi connectivity index (χ4n) is 2.18. The van der Waals surface area contributed by atoms with Crippen molar-refractivity contribution in [3.63, 3.8) is 0 Å². The first-order valence-electron chi connectivity index (χ1n) is 8.64. The van der Waals surface area contributed by atoms with Crippen LogP contribution in [0, 0.1) is 6.92 Å². The lowest BCUT2D eigenvalue weighted by Gasteiger charge is -2.07. The van der Waals surface area contributed by atoms with Gasteiger partial charge >= 0.3 is 0 Å². The highest BCUT2D eigenvalue weighted by Crippen LogP contribution is 2.12. The molecule has 0 radical (unpaired) electrons. The lowest BCUT2D eigenvalue weighted by Crippen LogP contribution is -2.10. The van der Waals surface area contributed by atoms with Crippen molar-refractivity contribution >= 4 is 11.4 Å². The van der Waals surface area contributed by atoms with E-state index in [9.17, 15) is 4.79 Å². The maximum atomic E-state index is 11.1. The van der Waals surface area contributed by atoms with Gasteiger partial charge in [0.15, 0.2) is 5.78 Å². The minimum atomic E-state index is 0.182. The van der Waals surface area contributed by atoms with Gasteiger partial charge in [-0.15, -0.1) is 0 Å². The van der Waals surface area contributed by atoms with Crippen LogP contribution in [0.4, 0.5) is 0 Å². The van der Waals surface area contributed by atoms with E-state index in [1.807, 2.05) is 51.1 Å². The molecule has 0 spiro atoms. The molecular formula is C23H29NO. The highest BCUT2D eigenvalue weighted by atomic mass is 16.1. The van der Waals surface area contributed by atoms with Crippen molar-refractivity contribution in [1.82, 2.24) is 5.32 Å². The van der Waals surface area contributed by atoms with Gasteiger partial charge in [0.25, 0.3) is 0 Å².